The molecule has 2 rings (SSSR count). The molecule has 0 spiro atoms. The van der Waals surface area contributed by atoms with E-state index in [0.717, 1.165) is 51.4 Å². The van der Waals surface area contributed by atoms with Gasteiger partial charge in [0.05, 0.1) is 20.3 Å². The number of cyclic esters (lactones) is 1. The number of methoxy groups -OCH3 is 2. The quantitative estimate of drug-likeness (QED) is 0.312. The second-order valence-corrected chi connectivity index (χ2v) is 8.03. The summed E-state index contributed by atoms with van der Waals surface area (Å²) in [5, 5.41) is 10.4. The normalized spacial score (nSPS) is 16.1. The van der Waals surface area contributed by atoms with Crippen molar-refractivity contribution in [2.45, 2.75) is 89.8 Å². The molecule has 0 bridgehead atoms. The van der Waals surface area contributed by atoms with E-state index < -0.39 is 18.2 Å². The molecule has 1 N–H and O–H groups in total. The maximum atomic E-state index is 12.3. The summed E-state index contributed by atoms with van der Waals surface area (Å²) in [5.41, 5.74) is 1.13. The van der Waals surface area contributed by atoms with Crippen LogP contribution in [0.2, 0.25) is 0 Å². The molecule has 168 valence electrons. The second-order valence-electron chi connectivity index (χ2n) is 8.03. The van der Waals surface area contributed by atoms with Gasteiger partial charge in [0.1, 0.15) is 28.9 Å². The van der Waals surface area contributed by atoms with Crippen molar-refractivity contribution >= 4 is 11.8 Å². The topological polar surface area (TPSA) is 82.1 Å². The Kier molecular flexibility index (Phi) is 10.1. The summed E-state index contributed by atoms with van der Waals surface area (Å²) in [6, 6.07) is 3.44. The van der Waals surface area contributed by atoms with Crippen molar-refractivity contribution in [1.29, 1.82) is 0 Å². The van der Waals surface area contributed by atoms with Crippen LogP contribution in [0.5, 0.6) is 11.5 Å². The number of carbonyl (C=O) groups excluding carboxylic acids is 2. The van der Waals surface area contributed by atoms with Crippen LogP contribution >= 0.6 is 0 Å². The van der Waals surface area contributed by atoms with Gasteiger partial charge in [0, 0.05) is 30.9 Å². The first kappa shape index (κ1) is 24.2. The molecule has 0 fully saturated rings. The average molecular weight is 421 g/mol. The predicted octanol–water partition coefficient (Wildman–Crippen LogP) is 5.16. The first-order chi connectivity index (χ1) is 14.5. The SMILES string of the molecule is CCCCC(=O)CCCCCCC[C@@H](O)C[C@H]1OC(=O)c2c(OC)cc(OC)cc21. The summed E-state index contributed by atoms with van der Waals surface area (Å²) < 4.78 is 16.1. The third-order valence-electron chi connectivity index (χ3n) is 5.65. The van der Waals surface area contributed by atoms with Crippen molar-refractivity contribution in [2.24, 2.45) is 0 Å². The fourth-order valence-corrected chi connectivity index (χ4v) is 3.89. The number of carbonyl (C=O) groups is 2. The molecule has 0 radical (unpaired) electrons. The van der Waals surface area contributed by atoms with Gasteiger partial charge in [-0.25, -0.2) is 4.79 Å². The van der Waals surface area contributed by atoms with E-state index >= 15 is 0 Å². The lowest BCUT2D eigenvalue weighted by atomic mass is 9.97. The molecule has 1 aliphatic rings. The minimum absolute atomic E-state index is 0.362. The molecule has 1 aromatic carbocycles. The smallest absolute Gasteiger partial charge is 0.342 e. The van der Waals surface area contributed by atoms with E-state index in [4.69, 9.17) is 14.2 Å². The van der Waals surface area contributed by atoms with Crippen LogP contribution in [0.15, 0.2) is 12.1 Å². The van der Waals surface area contributed by atoms with E-state index in [9.17, 15) is 14.7 Å². The Labute approximate surface area is 179 Å². The highest BCUT2D eigenvalue weighted by atomic mass is 16.6. The van der Waals surface area contributed by atoms with E-state index in [1.165, 1.54) is 7.11 Å². The summed E-state index contributed by atoms with van der Waals surface area (Å²) in [7, 11) is 3.06. The van der Waals surface area contributed by atoms with Crippen molar-refractivity contribution in [3.63, 3.8) is 0 Å². The van der Waals surface area contributed by atoms with Crippen LogP contribution in [0.1, 0.15) is 99.6 Å². The fraction of sp³-hybridized carbons (Fsp3) is 0.667. The summed E-state index contributed by atoms with van der Waals surface area (Å²) in [5.74, 6) is 0.984. The number of fused-ring (bicyclic) bond motifs is 1. The number of Topliss-reactive ketones (excluding diaryl/α,β-unsaturated/α-hetero) is 1. The monoisotopic (exact) mass is 420 g/mol. The van der Waals surface area contributed by atoms with Crippen LogP contribution < -0.4 is 9.47 Å². The molecular weight excluding hydrogens is 384 g/mol. The molecule has 0 aromatic heterocycles. The largest absolute Gasteiger partial charge is 0.497 e. The minimum Gasteiger partial charge on any atom is -0.497 e. The molecule has 0 saturated heterocycles. The van der Waals surface area contributed by atoms with Crippen molar-refractivity contribution in [3.05, 3.63) is 23.3 Å². The first-order valence-electron chi connectivity index (χ1n) is 11.2. The molecule has 0 unspecified atom stereocenters. The van der Waals surface area contributed by atoms with E-state index in [2.05, 4.69) is 6.92 Å². The fourth-order valence-electron chi connectivity index (χ4n) is 3.89. The van der Waals surface area contributed by atoms with Gasteiger partial charge in [-0.2, -0.15) is 0 Å². The molecule has 1 heterocycles. The summed E-state index contributed by atoms with van der Waals surface area (Å²) in [6.07, 6.45) is 8.52. The van der Waals surface area contributed by atoms with Crippen molar-refractivity contribution in [2.75, 3.05) is 14.2 Å². The Balaban J connectivity index is 1.71. The van der Waals surface area contributed by atoms with Crippen molar-refractivity contribution in [3.8, 4) is 11.5 Å². The van der Waals surface area contributed by atoms with Crippen LogP contribution in [-0.4, -0.2) is 37.2 Å². The number of ether oxygens (including phenoxy) is 3. The van der Waals surface area contributed by atoms with Crippen LogP contribution in [-0.2, 0) is 9.53 Å². The molecule has 6 heteroatoms. The zero-order chi connectivity index (χ0) is 21.9. The highest BCUT2D eigenvalue weighted by molar-refractivity contribution is 5.97. The van der Waals surface area contributed by atoms with Gasteiger partial charge in [-0.1, -0.05) is 39.0 Å². The number of aliphatic hydroxyl groups is 1. The lowest BCUT2D eigenvalue weighted by Crippen LogP contribution is -2.12. The molecule has 0 amide bonds. The Hall–Kier alpha value is -2.08. The number of aliphatic hydroxyl groups excluding tert-OH is 1. The van der Waals surface area contributed by atoms with E-state index in [0.29, 0.717) is 47.7 Å². The van der Waals surface area contributed by atoms with Crippen LogP contribution in [0.4, 0.5) is 0 Å². The number of hydrogen-bond acceptors (Lipinski definition) is 6. The lowest BCUT2D eigenvalue weighted by molar-refractivity contribution is -0.119. The maximum Gasteiger partial charge on any atom is 0.342 e. The Bertz CT molecular complexity index is 699. The number of hydrogen-bond donors (Lipinski definition) is 1. The Morgan fingerprint density at radius 3 is 2.47 bits per heavy atom. The number of ketones is 1. The third kappa shape index (κ3) is 7.01. The van der Waals surface area contributed by atoms with Gasteiger partial charge in [-0.3, -0.25) is 4.79 Å². The standard InChI is InChI=1S/C24H36O6/c1-4-5-11-17(25)12-9-7-6-8-10-13-18(26)14-21-20-15-19(28-2)16-22(29-3)23(20)24(27)30-21/h15-16,18,21,26H,4-14H2,1-3H3/t18-,21-/m1/s1. The molecule has 30 heavy (non-hydrogen) atoms. The molecule has 0 saturated carbocycles. The first-order valence-corrected chi connectivity index (χ1v) is 11.2. The van der Waals surface area contributed by atoms with E-state index in [1.807, 2.05) is 0 Å². The zero-order valence-electron chi connectivity index (χ0n) is 18.6. The zero-order valence-corrected chi connectivity index (χ0v) is 18.6. The van der Waals surface area contributed by atoms with Gasteiger partial charge in [0.15, 0.2) is 0 Å². The van der Waals surface area contributed by atoms with Gasteiger partial charge in [0.25, 0.3) is 0 Å². The average Bonchev–Trinajstić information content (AvgIpc) is 3.05. The lowest BCUT2D eigenvalue weighted by Gasteiger charge is -2.16. The molecular formula is C24H36O6. The number of unbranched alkanes of at least 4 members (excludes halogenated alkanes) is 5. The van der Waals surface area contributed by atoms with Crippen LogP contribution in [0.25, 0.3) is 0 Å². The highest BCUT2D eigenvalue weighted by Crippen LogP contribution is 2.41. The third-order valence-corrected chi connectivity index (χ3v) is 5.65. The summed E-state index contributed by atoms with van der Waals surface area (Å²) in [4.78, 5) is 23.9. The van der Waals surface area contributed by atoms with Crippen LogP contribution in [0, 0.1) is 0 Å². The predicted molar refractivity (Wildman–Crippen MR) is 115 cm³/mol. The summed E-state index contributed by atoms with van der Waals surface area (Å²) in [6.45, 7) is 2.10. The molecule has 1 aromatic rings. The van der Waals surface area contributed by atoms with Gasteiger partial charge in [0.2, 0.25) is 0 Å². The summed E-state index contributed by atoms with van der Waals surface area (Å²) >= 11 is 0. The molecule has 0 aliphatic carbocycles. The van der Waals surface area contributed by atoms with Gasteiger partial charge < -0.3 is 19.3 Å². The van der Waals surface area contributed by atoms with Crippen molar-refractivity contribution < 1.29 is 28.9 Å². The Morgan fingerprint density at radius 2 is 1.77 bits per heavy atom. The van der Waals surface area contributed by atoms with Crippen molar-refractivity contribution in [1.82, 2.24) is 0 Å². The number of esters is 1. The highest BCUT2D eigenvalue weighted by Gasteiger charge is 2.36. The molecule has 6 nitrogen and oxygen atoms in total. The van der Waals surface area contributed by atoms with Gasteiger partial charge in [-0.15, -0.1) is 0 Å². The van der Waals surface area contributed by atoms with Gasteiger partial charge >= 0.3 is 5.97 Å². The van der Waals surface area contributed by atoms with E-state index in [1.54, 1.807) is 19.2 Å². The number of rotatable bonds is 15. The number of benzene rings is 1. The minimum atomic E-state index is -0.540. The van der Waals surface area contributed by atoms with E-state index in [-0.39, 0.29) is 0 Å². The molecule has 1 aliphatic heterocycles. The second kappa shape index (κ2) is 12.6. The Morgan fingerprint density at radius 1 is 1.07 bits per heavy atom. The van der Waals surface area contributed by atoms with Crippen LogP contribution in [0.3, 0.4) is 0 Å². The van der Waals surface area contributed by atoms with Gasteiger partial charge in [-0.05, 0) is 25.3 Å². The maximum absolute atomic E-state index is 12.3. The molecule has 2 atom stereocenters.